The molecule has 0 bridgehead atoms. The zero-order valence-electron chi connectivity index (χ0n) is 9.45. The molecule has 0 saturated carbocycles. The van der Waals surface area contributed by atoms with Gasteiger partial charge in [0.15, 0.2) is 0 Å². The number of hydrogen-bond acceptors (Lipinski definition) is 1. The molecule has 1 atom stereocenters. The molecule has 1 aliphatic rings. The van der Waals surface area contributed by atoms with Gasteiger partial charge in [0.05, 0.1) is 0 Å². The monoisotopic (exact) mass is 281 g/mol. The van der Waals surface area contributed by atoms with Crippen LogP contribution in [0.4, 0.5) is 0 Å². The second-order valence-electron chi connectivity index (χ2n) is 4.21. The number of benzene rings is 1. The number of rotatable bonds is 2. The van der Waals surface area contributed by atoms with Crippen LogP contribution in [0.2, 0.25) is 0 Å². The van der Waals surface area contributed by atoms with Crippen molar-refractivity contribution in [2.45, 2.75) is 32.2 Å². The lowest BCUT2D eigenvalue weighted by molar-refractivity contribution is 0.0733. The third-order valence-electron chi connectivity index (χ3n) is 3.20. The normalized spacial score (nSPS) is 20.1. The maximum atomic E-state index is 12.2. The van der Waals surface area contributed by atoms with Crippen molar-refractivity contribution in [2.75, 3.05) is 6.54 Å². The molecular weight excluding hydrogens is 266 g/mol. The van der Waals surface area contributed by atoms with E-state index in [4.69, 9.17) is 0 Å². The smallest absolute Gasteiger partial charge is 0.254 e. The molecule has 1 aliphatic heterocycles. The molecule has 1 aromatic rings. The Bertz CT molecular complexity index is 374. The molecule has 0 N–H and O–H groups in total. The zero-order valence-corrected chi connectivity index (χ0v) is 11.0. The molecule has 1 aromatic carbocycles. The summed E-state index contributed by atoms with van der Waals surface area (Å²) in [5, 5.41) is 0. The lowest BCUT2D eigenvalue weighted by Gasteiger charge is -2.23. The van der Waals surface area contributed by atoms with Gasteiger partial charge in [-0.25, -0.2) is 0 Å². The third kappa shape index (κ3) is 2.29. The summed E-state index contributed by atoms with van der Waals surface area (Å²) in [7, 11) is 0. The van der Waals surface area contributed by atoms with Crippen LogP contribution in [0.5, 0.6) is 0 Å². The van der Waals surface area contributed by atoms with E-state index in [1.165, 1.54) is 0 Å². The highest BCUT2D eigenvalue weighted by molar-refractivity contribution is 9.10. The third-order valence-corrected chi connectivity index (χ3v) is 3.73. The minimum Gasteiger partial charge on any atom is -0.336 e. The largest absolute Gasteiger partial charge is 0.336 e. The quantitative estimate of drug-likeness (QED) is 0.813. The van der Waals surface area contributed by atoms with Gasteiger partial charge >= 0.3 is 0 Å². The van der Waals surface area contributed by atoms with Crippen LogP contribution < -0.4 is 0 Å². The van der Waals surface area contributed by atoms with Gasteiger partial charge in [-0.3, -0.25) is 4.79 Å². The van der Waals surface area contributed by atoms with E-state index in [1.54, 1.807) is 0 Å². The number of carbonyl (C=O) groups is 1. The topological polar surface area (TPSA) is 20.3 Å². The molecule has 2 rings (SSSR count). The predicted molar refractivity (Wildman–Crippen MR) is 68.5 cm³/mol. The Kier molecular flexibility index (Phi) is 3.64. The number of hydrogen-bond donors (Lipinski definition) is 0. The first-order valence-corrected chi connectivity index (χ1v) is 6.58. The van der Waals surface area contributed by atoms with Crippen LogP contribution in [-0.4, -0.2) is 23.4 Å². The lowest BCUT2D eigenvalue weighted by Crippen LogP contribution is -2.35. The summed E-state index contributed by atoms with van der Waals surface area (Å²) in [6.45, 7) is 3.06. The maximum Gasteiger partial charge on any atom is 0.254 e. The van der Waals surface area contributed by atoms with E-state index in [1.807, 2.05) is 29.2 Å². The molecule has 86 valence electrons. The van der Waals surface area contributed by atoms with Gasteiger partial charge < -0.3 is 4.90 Å². The fraction of sp³-hybridized carbons (Fsp3) is 0.462. The molecule has 0 radical (unpaired) electrons. The Balaban J connectivity index is 2.15. The van der Waals surface area contributed by atoms with Gasteiger partial charge in [-0.15, -0.1) is 0 Å². The first-order valence-electron chi connectivity index (χ1n) is 5.79. The average Bonchev–Trinajstić information content (AvgIpc) is 2.77. The van der Waals surface area contributed by atoms with E-state index >= 15 is 0 Å². The highest BCUT2D eigenvalue weighted by Gasteiger charge is 2.27. The number of amides is 1. The summed E-state index contributed by atoms with van der Waals surface area (Å²) in [5.74, 6) is 0.178. The van der Waals surface area contributed by atoms with Crippen LogP contribution in [0.1, 0.15) is 36.5 Å². The molecule has 0 spiro atoms. The highest BCUT2D eigenvalue weighted by Crippen LogP contribution is 2.22. The molecule has 0 aromatic heterocycles. The first kappa shape index (κ1) is 11.6. The Hall–Kier alpha value is -0.830. The molecule has 1 heterocycles. The SMILES string of the molecule is CCC1CCCN1C(=O)c1ccc(Br)cc1. The summed E-state index contributed by atoms with van der Waals surface area (Å²) in [5.41, 5.74) is 0.795. The average molecular weight is 282 g/mol. The van der Waals surface area contributed by atoms with E-state index in [9.17, 15) is 4.79 Å². The van der Waals surface area contributed by atoms with E-state index in [0.29, 0.717) is 6.04 Å². The van der Waals surface area contributed by atoms with Crippen molar-refractivity contribution in [3.05, 3.63) is 34.3 Å². The summed E-state index contributed by atoms with van der Waals surface area (Å²) in [6.07, 6.45) is 3.35. The number of nitrogens with zero attached hydrogens (tertiary/aromatic N) is 1. The molecular formula is C13H16BrNO. The summed E-state index contributed by atoms with van der Waals surface area (Å²) >= 11 is 3.38. The van der Waals surface area contributed by atoms with Crippen LogP contribution >= 0.6 is 15.9 Å². The molecule has 1 fully saturated rings. The van der Waals surface area contributed by atoms with E-state index < -0.39 is 0 Å². The number of carbonyl (C=O) groups excluding carboxylic acids is 1. The van der Waals surface area contributed by atoms with Crippen molar-refractivity contribution in [1.82, 2.24) is 4.90 Å². The molecule has 1 amide bonds. The fourth-order valence-electron chi connectivity index (χ4n) is 2.29. The van der Waals surface area contributed by atoms with Gasteiger partial charge in [0.25, 0.3) is 5.91 Å². The molecule has 3 heteroatoms. The minimum absolute atomic E-state index is 0.178. The van der Waals surface area contributed by atoms with Gasteiger partial charge in [0, 0.05) is 22.6 Å². The Labute approximate surface area is 105 Å². The standard InChI is InChI=1S/C13H16BrNO/c1-2-12-4-3-9-15(12)13(16)10-5-7-11(14)8-6-10/h5-8,12H,2-4,9H2,1H3. The first-order chi connectivity index (χ1) is 7.72. The van der Waals surface area contributed by atoms with Crippen molar-refractivity contribution < 1.29 is 4.79 Å². The van der Waals surface area contributed by atoms with Gasteiger partial charge in [-0.1, -0.05) is 22.9 Å². The summed E-state index contributed by atoms with van der Waals surface area (Å²) in [4.78, 5) is 14.3. The van der Waals surface area contributed by atoms with Crippen molar-refractivity contribution in [1.29, 1.82) is 0 Å². The zero-order chi connectivity index (χ0) is 11.5. The van der Waals surface area contributed by atoms with Crippen molar-refractivity contribution in [3.63, 3.8) is 0 Å². The molecule has 16 heavy (non-hydrogen) atoms. The Morgan fingerprint density at radius 1 is 1.44 bits per heavy atom. The Morgan fingerprint density at radius 2 is 2.12 bits per heavy atom. The van der Waals surface area contributed by atoms with Gasteiger partial charge in [-0.2, -0.15) is 0 Å². The number of halogens is 1. The van der Waals surface area contributed by atoms with Crippen molar-refractivity contribution >= 4 is 21.8 Å². The number of likely N-dealkylation sites (tertiary alicyclic amines) is 1. The highest BCUT2D eigenvalue weighted by atomic mass is 79.9. The van der Waals surface area contributed by atoms with Crippen LogP contribution in [0, 0.1) is 0 Å². The molecule has 2 nitrogen and oxygen atoms in total. The summed E-state index contributed by atoms with van der Waals surface area (Å²) < 4.78 is 1.01. The van der Waals surface area contributed by atoms with E-state index in [2.05, 4.69) is 22.9 Å². The van der Waals surface area contributed by atoms with Crippen molar-refractivity contribution in [3.8, 4) is 0 Å². The predicted octanol–water partition coefficient (Wildman–Crippen LogP) is 3.46. The fourth-order valence-corrected chi connectivity index (χ4v) is 2.55. The van der Waals surface area contributed by atoms with E-state index in [0.717, 1.165) is 35.8 Å². The molecule has 1 saturated heterocycles. The van der Waals surface area contributed by atoms with E-state index in [-0.39, 0.29) is 5.91 Å². The van der Waals surface area contributed by atoms with Gasteiger partial charge in [0.2, 0.25) is 0 Å². The van der Waals surface area contributed by atoms with Crippen molar-refractivity contribution in [2.24, 2.45) is 0 Å². The van der Waals surface area contributed by atoms with Crippen LogP contribution in [0.3, 0.4) is 0 Å². The van der Waals surface area contributed by atoms with Gasteiger partial charge in [0.1, 0.15) is 0 Å². The maximum absolute atomic E-state index is 12.2. The lowest BCUT2D eigenvalue weighted by atomic mass is 10.1. The van der Waals surface area contributed by atoms with Crippen LogP contribution in [0.15, 0.2) is 28.7 Å². The van der Waals surface area contributed by atoms with Gasteiger partial charge in [-0.05, 0) is 43.5 Å². The molecule has 1 unspecified atom stereocenters. The summed E-state index contributed by atoms with van der Waals surface area (Å²) in [6, 6.07) is 8.06. The second kappa shape index (κ2) is 5.00. The van der Waals surface area contributed by atoms with Crippen LogP contribution in [-0.2, 0) is 0 Å². The van der Waals surface area contributed by atoms with Crippen LogP contribution in [0.25, 0.3) is 0 Å². The minimum atomic E-state index is 0.178. The Morgan fingerprint density at radius 3 is 2.75 bits per heavy atom. The molecule has 0 aliphatic carbocycles. The second-order valence-corrected chi connectivity index (χ2v) is 5.13.